The Hall–Kier alpha value is -2.77. The van der Waals surface area contributed by atoms with Gasteiger partial charge in [-0.25, -0.2) is 8.78 Å². The minimum Gasteiger partial charge on any atom is -0.481 e. The first-order valence-electron chi connectivity index (χ1n) is 7.99. The molecule has 0 amide bonds. The van der Waals surface area contributed by atoms with Gasteiger partial charge in [-0.15, -0.1) is 10.2 Å². The summed E-state index contributed by atoms with van der Waals surface area (Å²) in [5.74, 6) is -1.62. The monoisotopic (exact) mass is 348 g/mol. The molecule has 3 rings (SSSR count). The van der Waals surface area contributed by atoms with Crippen molar-refractivity contribution in [3.63, 3.8) is 0 Å². The number of rotatable bonds is 4. The van der Waals surface area contributed by atoms with Gasteiger partial charge in [0, 0.05) is 25.1 Å². The molecule has 0 atom stereocenters. The number of hydrogen-bond acceptors (Lipinski definition) is 5. The van der Waals surface area contributed by atoms with E-state index in [1.165, 1.54) is 0 Å². The molecule has 8 heteroatoms. The number of halogens is 2. The summed E-state index contributed by atoms with van der Waals surface area (Å²) >= 11 is 0. The lowest BCUT2D eigenvalue weighted by atomic mass is 9.93. The normalized spacial score (nSPS) is 15.4. The van der Waals surface area contributed by atoms with E-state index in [1.807, 2.05) is 4.90 Å². The number of nitrogens with two attached hydrogens (primary N) is 1. The number of carboxylic acids is 1. The maximum absolute atomic E-state index is 14.0. The number of carbonyl (C=O) groups is 1. The van der Waals surface area contributed by atoms with Crippen molar-refractivity contribution in [3.05, 3.63) is 35.9 Å². The van der Waals surface area contributed by atoms with Crippen LogP contribution in [0.1, 0.15) is 19.3 Å². The second kappa shape index (κ2) is 7.00. The van der Waals surface area contributed by atoms with Crippen LogP contribution in [0.25, 0.3) is 11.3 Å². The SMILES string of the molecule is Nc1nnc(-c2cc(F)ccc2F)cc1N1CCC(CC(=O)O)CC1. The van der Waals surface area contributed by atoms with Crippen molar-refractivity contribution >= 4 is 17.5 Å². The lowest BCUT2D eigenvalue weighted by Crippen LogP contribution is -2.35. The van der Waals surface area contributed by atoms with Crippen molar-refractivity contribution in [3.8, 4) is 11.3 Å². The highest BCUT2D eigenvalue weighted by molar-refractivity contribution is 5.71. The Morgan fingerprint density at radius 1 is 1.24 bits per heavy atom. The lowest BCUT2D eigenvalue weighted by molar-refractivity contribution is -0.138. The van der Waals surface area contributed by atoms with Gasteiger partial charge in [-0.3, -0.25) is 4.79 Å². The largest absolute Gasteiger partial charge is 0.481 e. The third-order valence-corrected chi connectivity index (χ3v) is 4.42. The van der Waals surface area contributed by atoms with Gasteiger partial charge < -0.3 is 15.7 Å². The smallest absolute Gasteiger partial charge is 0.303 e. The summed E-state index contributed by atoms with van der Waals surface area (Å²) in [6, 6.07) is 4.74. The van der Waals surface area contributed by atoms with E-state index in [0.717, 1.165) is 31.0 Å². The van der Waals surface area contributed by atoms with Gasteiger partial charge in [0.2, 0.25) is 0 Å². The first-order valence-corrected chi connectivity index (χ1v) is 7.99. The van der Waals surface area contributed by atoms with Gasteiger partial charge in [0.1, 0.15) is 11.6 Å². The molecule has 1 aliphatic heterocycles. The molecule has 25 heavy (non-hydrogen) atoms. The number of benzene rings is 1. The van der Waals surface area contributed by atoms with E-state index in [9.17, 15) is 13.6 Å². The maximum Gasteiger partial charge on any atom is 0.303 e. The van der Waals surface area contributed by atoms with E-state index in [0.29, 0.717) is 18.8 Å². The summed E-state index contributed by atoms with van der Waals surface area (Å²) in [6.07, 6.45) is 1.59. The average molecular weight is 348 g/mol. The molecule has 1 aliphatic rings. The van der Waals surface area contributed by atoms with Gasteiger partial charge in [-0.05, 0) is 43.0 Å². The number of carboxylic acid groups (broad SMARTS) is 1. The Morgan fingerprint density at radius 2 is 1.96 bits per heavy atom. The molecule has 3 N–H and O–H groups in total. The summed E-state index contributed by atoms with van der Waals surface area (Å²) in [5.41, 5.74) is 6.73. The zero-order chi connectivity index (χ0) is 18.0. The molecule has 0 aliphatic carbocycles. The second-order valence-electron chi connectivity index (χ2n) is 6.15. The molecular weight excluding hydrogens is 330 g/mol. The lowest BCUT2D eigenvalue weighted by Gasteiger charge is -2.33. The summed E-state index contributed by atoms with van der Waals surface area (Å²) in [4.78, 5) is 12.8. The van der Waals surface area contributed by atoms with E-state index in [4.69, 9.17) is 10.8 Å². The Labute approximate surface area is 143 Å². The van der Waals surface area contributed by atoms with E-state index >= 15 is 0 Å². The van der Waals surface area contributed by atoms with E-state index in [-0.39, 0.29) is 29.4 Å². The van der Waals surface area contributed by atoms with Crippen LogP contribution in [0.4, 0.5) is 20.3 Å². The molecule has 6 nitrogen and oxygen atoms in total. The van der Waals surface area contributed by atoms with Crippen molar-refractivity contribution in [2.75, 3.05) is 23.7 Å². The minimum absolute atomic E-state index is 0.0227. The van der Waals surface area contributed by atoms with Gasteiger partial charge >= 0.3 is 5.97 Å². The molecule has 0 radical (unpaired) electrons. The van der Waals surface area contributed by atoms with Crippen LogP contribution in [0.15, 0.2) is 24.3 Å². The molecule has 1 aromatic heterocycles. The molecule has 1 aromatic carbocycles. The number of nitrogens with zero attached hydrogens (tertiary/aromatic N) is 3. The number of aromatic nitrogens is 2. The van der Waals surface area contributed by atoms with Crippen LogP contribution in [0, 0.1) is 17.6 Å². The molecule has 132 valence electrons. The third kappa shape index (κ3) is 3.84. The van der Waals surface area contributed by atoms with E-state index in [1.54, 1.807) is 6.07 Å². The Morgan fingerprint density at radius 3 is 2.64 bits per heavy atom. The quantitative estimate of drug-likeness (QED) is 0.883. The summed E-state index contributed by atoms with van der Waals surface area (Å²) in [5, 5.41) is 16.6. The zero-order valence-corrected chi connectivity index (χ0v) is 13.5. The van der Waals surface area contributed by atoms with Crippen molar-refractivity contribution in [1.82, 2.24) is 10.2 Å². The van der Waals surface area contributed by atoms with Crippen molar-refractivity contribution in [2.45, 2.75) is 19.3 Å². The fourth-order valence-electron chi connectivity index (χ4n) is 3.09. The average Bonchev–Trinajstić information content (AvgIpc) is 2.58. The van der Waals surface area contributed by atoms with Gasteiger partial charge in [-0.1, -0.05) is 0 Å². The second-order valence-corrected chi connectivity index (χ2v) is 6.15. The number of piperidine rings is 1. The molecule has 1 saturated heterocycles. The van der Waals surface area contributed by atoms with Crippen LogP contribution in [0.3, 0.4) is 0 Å². The predicted octanol–water partition coefficient (Wildman–Crippen LogP) is 2.70. The fourth-order valence-corrected chi connectivity index (χ4v) is 3.09. The zero-order valence-electron chi connectivity index (χ0n) is 13.5. The molecular formula is C17H18F2N4O2. The molecule has 2 heterocycles. The van der Waals surface area contributed by atoms with Gasteiger partial charge in [0.25, 0.3) is 0 Å². The predicted molar refractivity (Wildman–Crippen MR) is 89.0 cm³/mol. The summed E-state index contributed by atoms with van der Waals surface area (Å²) in [6.45, 7) is 1.25. The number of nitrogen functional groups attached to an aromatic ring is 1. The van der Waals surface area contributed by atoms with Gasteiger partial charge in [-0.2, -0.15) is 0 Å². The summed E-state index contributed by atoms with van der Waals surface area (Å²) < 4.78 is 27.4. The molecule has 0 spiro atoms. The molecule has 2 aromatic rings. The van der Waals surface area contributed by atoms with Crippen LogP contribution >= 0.6 is 0 Å². The molecule has 1 fully saturated rings. The van der Waals surface area contributed by atoms with Crippen LogP contribution in [0.2, 0.25) is 0 Å². The molecule has 0 unspecified atom stereocenters. The molecule has 0 saturated carbocycles. The highest BCUT2D eigenvalue weighted by atomic mass is 19.1. The van der Waals surface area contributed by atoms with Crippen LogP contribution in [-0.2, 0) is 4.79 Å². The highest BCUT2D eigenvalue weighted by Crippen LogP contribution is 2.31. The Balaban J connectivity index is 1.83. The van der Waals surface area contributed by atoms with Gasteiger partial charge in [0.15, 0.2) is 5.82 Å². The number of anilines is 2. The van der Waals surface area contributed by atoms with E-state index < -0.39 is 17.6 Å². The van der Waals surface area contributed by atoms with E-state index in [2.05, 4.69) is 10.2 Å². The van der Waals surface area contributed by atoms with Crippen LogP contribution in [-0.4, -0.2) is 34.4 Å². The van der Waals surface area contributed by atoms with Gasteiger partial charge in [0.05, 0.1) is 11.4 Å². The first-order chi connectivity index (χ1) is 11.9. The van der Waals surface area contributed by atoms with Crippen molar-refractivity contribution in [2.24, 2.45) is 5.92 Å². The highest BCUT2D eigenvalue weighted by Gasteiger charge is 2.23. The third-order valence-electron chi connectivity index (χ3n) is 4.42. The fraction of sp³-hybridized carbons (Fsp3) is 0.353. The number of hydrogen-bond donors (Lipinski definition) is 2. The van der Waals surface area contributed by atoms with Crippen LogP contribution < -0.4 is 10.6 Å². The summed E-state index contributed by atoms with van der Waals surface area (Å²) in [7, 11) is 0. The minimum atomic E-state index is -0.799. The Bertz CT molecular complexity index is 792. The Kier molecular flexibility index (Phi) is 4.78. The maximum atomic E-state index is 14.0. The first kappa shape index (κ1) is 17.1. The van der Waals surface area contributed by atoms with Crippen molar-refractivity contribution < 1.29 is 18.7 Å². The number of aliphatic carboxylic acids is 1. The van der Waals surface area contributed by atoms with Crippen molar-refractivity contribution in [1.29, 1.82) is 0 Å². The molecule has 0 bridgehead atoms. The topological polar surface area (TPSA) is 92.3 Å². The standard InChI is InChI=1S/C17H18F2N4O2/c18-11-1-2-13(19)12(8-11)14-9-15(17(20)22-21-14)23-5-3-10(4-6-23)7-16(24)25/h1-2,8-10H,3-7H2,(H2,20,22)(H,24,25). The van der Waals surface area contributed by atoms with Crippen LogP contribution in [0.5, 0.6) is 0 Å².